The molecule has 1 heterocycles. The molecule has 0 saturated heterocycles. The Kier molecular flexibility index (Phi) is 7.92. The number of aromatic nitrogens is 1. The van der Waals surface area contributed by atoms with E-state index in [1.165, 1.54) is 7.11 Å². The highest BCUT2D eigenvalue weighted by molar-refractivity contribution is 9.10. The Morgan fingerprint density at radius 3 is 2.51 bits per heavy atom. The van der Waals surface area contributed by atoms with E-state index in [0.29, 0.717) is 45.3 Å². The normalized spacial score (nSPS) is 11.9. The number of aliphatic imine (C=N–C) groups is 1. The summed E-state index contributed by atoms with van der Waals surface area (Å²) in [5.41, 5.74) is 7.09. The summed E-state index contributed by atoms with van der Waals surface area (Å²) in [7, 11) is 1.52. The Labute approximate surface area is 205 Å². The molecular formula is C22H19BrF4N6O2. The number of hydrogen-bond donors (Lipinski definition) is 5. The van der Waals surface area contributed by atoms with Crippen LogP contribution in [0, 0.1) is 11.2 Å². The molecule has 3 aromatic rings. The third-order valence-electron chi connectivity index (χ3n) is 4.77. The van der Waals surface area contributed by atoms with Crippen LogP contribution in [0.15, 0.2) is 52.1 Å². The Bertz CT molecular complexity index is 1270. The number of ether oxygens (including phenoxy) is 1. The lowest BCUT2D eigenvalue weighted by atomic mass is 10.0. The molecule has 8 nitrogen and oxygen atoms in total. The van der Waals surface area contributed by atoms with Gasteiger partial charge in [-0.05, 0) is 51.8 Å². The number of hydrogen-bond acceptors (Lipinski definition) is 3. The van der Waals surface area contributed by atoms with Gasteiger partial charge in [-0.2, -0.15) is 13.2 Å². The van der Waals surface area contributed by atoms with Crippen molar-refractivity contribution in [3.05, 3.63) is 69.7 Å². The number of anilines is 2. The second-order valence-corrected chi connectivity index (χ2v) is 7.89. The molecule has 35 heavy (non-hydrogen) atoms. The third-order valence-corrected chi connectivity index (χ3v) is 5.45. The lowest BCUT2D eigenvalue weighted by Crippen LogP contribution is -2.20. The molecule has 2 aromatic carbocycles. The van der Waals surface area contributed by atoms with Crippen molar-refractivity contribution in [2.45, 2.75) is 12.8 Å². The van der Waals surface area contributed by atoms with Crippen LogP contribution in [0.4, 0.5) is 33.7 Å². The number of carbonyl (C=O) groups excluding carboxylic acids is 1. The van der Waals surface area contributed by atoms with E-state index in [0.717, 1.165) is 11.9 Å². The van der Waals surface area contributed by atoms with E-state index >= 15 is 0 Å². The van der Waals surface area contributed by atoms with Crippen LogP contribution in [0.5, 0.6) is 0 Å². The Morgan fingerprint density at radius 1 is 1.23 bits per heavy atom. The number of H-pyrrole nitrogens is 1. The fourth-order valence-corrected chi connectivity index (χ4v) is 3.75. The molecule has 0 atom stereocenters. The van der Waals surface area contributed by atoms with E-state index in [-0.39, 0.29) is 12.4 Å². The summed E-state index contributed by atoms with van der Waals surface area (Å²) in [6.45, 7) is 0.231. The van der Waals surface area contributed by atoms with E-state index in [2.05, 4.69) is 36.5 Å². The molecule has 0 fully saturated rings. The average molecular weight is 555 g/mol. The first-order valence-corrected chi connectivity index (χ1v) is 10.6. The molecule has 0 radical (unpaired) electrons. The smallest absolute Gasteiger partial charge is 0.382 e. The number of rotatable bonds is 7. The van der Waals surface area contributed by atoms with E-state index in [9.17, 15) is 22.4 Å². The Morgan fingerprint density at radius 2 is 1.91 bits per heavy atom. The number of benzene rings is 2. The van der Waals surface area contributed by atoms with Crippen molar-refractivity contribution in [2.24, 2.45) is 10.7 Å². The quantitative estimate of drug-likeness (QED) is 0.146. The van der Waals surface area contributed by atoms with Gasteiger partial charge in [-0.3, -0.25) is 5.41 Å². The Hall–Kier alpha value is -3.71. The maximum atomic E-state index is 13.9. The van der Waals surface area contributed by atoms with Crippen LogP contribution < -0.4 is 16.4 Å². The van der Waals surface area contributed by atoms with Gasteiger partial charge in [-0.15, -0.1) is 0 Å². The average Bonchev–Trinajstić information content (AvgIpc) is 3.12. The van der Waals surface area contributed by atoms with Crippen molar-refractivity contribution < 1.29 is 27.1 Å². The maximum Gasteiger partial charge on any atom is 0.416 e. The van der Waals surface area contributed by atoms with Gasteiger partial charge in [-0.1, -0.05) is 12.1 Å². The minimum Gasteiger partial charge on any atom is -0.382 e. The fraction of sp³-hybridized carbons (Fsp3) is 0.136. The number of nitrogens with one attached hydrogen (secondary N) is 4. The van der Waals surface area contributed by atoms with Crippen LogP contribution in [0.25, 0.3) is 11.1 Å². The summed E-state index contributed by atoms with van der Waals surface area (Å²) in [6.07, 6.45) is -3.88. The second-order valence-electron chi connectivity index (χ2n) is 7.09. The van der Waals surface area contributed by atoms with Gasteiger partial charge in [0.2, 0.25) is 0 Å². The van der Waals surface area contributed by atoms with E-state index in [1.807, 2.05) is 0 Å². The van der Waals surface area contributed by atoms with Gasteiger partial charge in [-0.25, -0.2) is 14.2 Å². The maximum absolute atomic E-state index is 13.9. The van der Waals surface area contributed by atoms with Crippen LogP contribution in [0.2, 0.25) is 0 Å². The zero-order valence-corrected chi connectivity index (χ0v) is 19.6. The summed E-state index contributed by atoms with van der Waals surface area (Å²) in [6, 6.07) is 7.22. The van der Waals surface area contributed by atoms with Crippen LogP contribution in [0.3, 0.4) is 0 Å². The SMILES string of the molecule is COCc1c(Br)[nH]c(C(N)=NC=N)c1-c1ccc(NC(=O)Nc2cc(C(F)(F)F)ccc2F)cc1. The largest absolute Gasteiger partial charge is 0.416 e. The molecule has 0 bridgehead atoms. The first-order valence-electron chi connectivity index (χ1n) is 9.82. The molecule has 1 aromatic heterocycles. The number of amides is 2. The van der Waals surface area contributed by atoms with E-state index in [1.54, 1.807) is 24.3 Å². The predicted molar refractivity (Wildman–Crippen MR) is 128 cm³/mol. The van der Waals surface area contributed by atoms with Gasteiger partial charge >= 0.3 is 12.2 Å². The van der Waals surface area contributed by atoms with Gasteiger partial charge in [0.1, 0.15) is 18.0 Å². The van der Waals surface area contributed by atoms with Gasteiger partial charge in [0, 0.05) is 23.9 Å². The molecule has 0 unspecified atom stereocenters. The highest BCUT2D eigenvalue weighted by Gasteiger charge is 2.31. The molecule has 0 spiro atoms. The van der Waals surface area contributed by atoms with Gasteiger partial charge in [0.05, 0.1) is 28.2 Å². The van der Waals surface area contributed by atoms with Crippen LogP contribution >= 0.6 is 15.9 Å². The molecule has 0 aliphatic heterocycles. The lowest BCUT2D eigenvalue weighted by Gasteiger charge is -2.12. The van der Waals surface area contributed by atoms with Crippen molar-refractivity contribution in [3.8, 4) is 11.1 Å². The molecule has 0 aliphatic rings. The number of alkyl halides is 3. The lowest BCUT2D eigenvalue weighted by molar-refractivity contribution is -0.137. The van der Waals surface area contributed by atoms with E-state index < -0.39 is 29.3 Å². The Balaban J connectivity index is 1.84. The van der Waals surface area contributed by atoms with Crippen molar-refractivity contribution in [1.29, 1.82) is 5.41 Å². The topological polar surface area (TPSA) is 128 Å². The molecule has 0 aliphatic carbocycles. The van der Waals surface area contributed by atoms with Crippen LogP contribution in [-0.4, -0.2) is 30.3 Å². The van der Waals surface area contributed by atoms with Crippen LogP contribution in [-0.2, 0) is 17.5 Å². The number of aromatic amines is 1. The zero-order valence-electron chi connectivity index (χ0n) is 18.1. The molecule has 184 valence electrons. The summed E-state index contributed by atoms with van der Waals surface area (Å²) >= 11 is 3.42. The summed E-state index contributed by atoms with van der Waals surface area (Å²) < 4.78 is 58.4. The highest BCUT2D eigenvalue weighted by Crippen LogP contribution is 2.35. The number of carbonyl (C=O) groups is 1. The molecule has 3 rings (SSSR count). The van der Waals surface area contributed by atoms with Crippen molar-refractivity contribution in [3.63, 3.8) is 0 Å². The number of nitrogens with two attached hydrogens (primary N) is 1. The van der Waals surface area contributed by atoms with Crippen molar-refractivity contribution in [1.82, 2.24) is 4.98 Å². The number of urea groups is 1. The number of methoxy groups -OCH3 is 1. The monoisotopic (exact) mass is 554 g/mol. The first-order chi connectivity index (χ1) is 16.5. The highest BCUT2D eigenvalue weighted by atomic mass is 79.9. The minimum atomic E-state index is -4.68. The molecule has 6 N–H and O–H groups in total. The fourth-order valence-electron chi connectivity index (χ4n) is 3.24. The molecular weight excluding hydrogens is 536 g/mol. The number of nitrogens with zero attached hydrogens (tertiary/aromatic N) is 1. The zero-order chi connectivity index (χ0) is 25.8. The van der Waals surface area contributed by atoms with E-state index in [4.69, 9.17) is 15.9 Å². The van der Waals surface area contributed by atoms with Gasteiger partial charge in [0.25, 0.3) is 0 Å². The standard InChI is InChI=1S/C22H19BrF4N6O2/c1-35-9-14-17(18(33-19(14)23)20(29)30-10-28)11-2-5-13(6-3-11)31-21(34)32-16-8-12(22(25,26)27)4-7-15(16)24/h2-8,10,33H,9H2,1H3,(H3,28,29,30)(H2,31,32,34). The third kappa shape index (κ3) is 6.05. The van der Waals surface area contributed by atoms with Crippen LogP contribution in [0.1, 0.15) is 16.8 Å². The molecule has 0 saturated carbocycles. The second kappa shape index (κ2) is 10.7. The van der Waals surface area contributed by atoms with Gasteiger partial charge < -0.3 is 26.1 Å². The minimum absolute atomic E-state index is 0.0720. The van der Waals surface area contributed by atoms with Crippen molar-refractivity contribution in [2.75, 3.05) is 17.7 Å². The summed E-state index contributed by atoms with van der Waals surface area (Å²) in [5.74, 6) is -0.938. The predicted octanol–water partition coefficient (Wildman–Crippen LogP) is 5.70. The van der Waals surface area contributed by atoms with Gasteiger partial charge in [0.15, 0.2) is 0 Å². The number of halogens is 5. The first kappa shape index (κ1) is 25.9. The summed E-state index contributed by atoms with van der Waals surface area (Å²) in [4.78, 5) is 19.1. The molecule has 13 heteroatoms. The summed E-state index contributed by atoms with van der Waals surface area (Å²) in [5, 5.41) is 11.7. The number of amidine groups is 1. The van der Waals surface area contributed by atoms with Crippen molar-refractivity contribution >= 4 is 45.5 Å². The molecule has 2 amide bonds.